The van der Waals surface area contributed by atoms with Crippen molar-refractivity contribution in [2.45, 2.75) is 39.9 Å². The van der Waals surface area contributed by atoms with Gasteiger partial charge in [0.15, 0.2) is 8.68 Å². The van der Waals surface area contributed by atoms with Crippen LogP contribution in [0.1, 0.15) is 31.9 Å². The van der Waals surface area contributed by atoms with Gasteiger partial charge in [-0.2, -0.15) is 0 Å². The molecule has 0 radical (unpaired) electrons. The molecule has 0 amide bonds. The molecule has 0 aliphatic carbocycles. The number of nitrogens with one attached hydrogen (secondary N) is 1. The van der Waals surface area contributed by atoms with E-state index in [1.54, 1.807) is 17.8 Å². The topological polar surface area (TPSA) is 37.8 Å². The van der Waals surface area contributed by atoms with Gasteiger partial charge in [-0.15, -0.1) is 10.2 Å². The molecule has 0 aliphatic rings. The maximum absolute atomic E-state index is 14.2. The molecule has 1 unspecified atom stereocenters. The molecule has 3 nitrogen and oxygen atoms in total. The van der Waals surface area contributed by atoms with Crippen molar-refractivity contribution in [2.75, 3.05) is 12.8 Å². The summed E-state index contributed by atoms with van der Waals surface area (Å²) in [5.74, 6) is -0.205. The highest BCUT2D eigenvalue weighted by Gasteiger charge is 2.12. The number of benzene rings is 1. The summed E-state index contributed by atoms with van der Waals surface area (Å²) < 4.78 is 15.9. The van der Waals surface area contributed by atoms with Crippen molar-refractivity contribution >= 4 is 34.9 Å². The fourth-order valence-electron chi connectivity index (χ4n) is 1.76. The number of thioether (sulfide) groups is 1. The van der Waals surface area contributed by atoms with Crippen LogP contribution in [0, 0.1) is 5.82 Å². The van der Waals surface area contributed by atoms with E-state index in [9.17, 15) is 4.39 Å². The van der Waals surface area contributed by atoms with Gasteiger partial charge in [0.25, 0.3) is 0 Å². The van der Waals surface area contributed by atoms with Crippen LogP contribution in [0.2, 0.25) is 0 Å². The predicted molar refractivity (Wildman–Crippen MR) is 88.9 cm³/mol. The molecule has 1 aromatic heterocycles. The van der Waals surface area contributed by atoms with Crippen molar-refractivity contribution < 1.29 is 4.39 Å². The smallest absolute Gasteiger partial charge is 0.179 e. The highest BCUT2D eigenvalue weighted by molar-refractivity contribution is 8.03. The third-order valence-electron chi connectivity index (χ3n) is 2.92. The van der Waals surface area contributed by atoms with Gasteiger partial charge in [0.05, 0.1) is 4.90 Å². The summed E-state index contributed by atoms with van der Waals surface area (Å²) in [4.78, 5) is 0.588. The van der Waals surface area contributed by atoms with Crippen molar-refractivity contribution in [3.8, 4) is 0 Å². The molecule has 0 saturated heterocycles. The zero-order chi connectivity index (χ0) is 15.2. The minimum atomic E-state index is -0.205. The average molecular weight is 344 g/mol. The Morgan fingerprint density at radius 3 is 2.71 bits per heavy atom. The van der Waals surface area contributed by atoms with Crippen molar-refractivity contribution in [1.82, 2.24) is 15.5 Å². The Hall–Kier alpha value is -0.630. The molecule has 0 fully saturated rings. The molecule has 114 valence electrons. The third-order valence-corrected chi connectivity index (χ3v) is 5.92. The van der Waals surface area contributed by atoms with Crippen LogP contribution in [0.4, 0.5) is 4.39 Å². The maximum atomic E-state index is 14.2. The van der Waals surface area contributed by atoms with Gasteiger partial charge in [0.2, 0.25) is 0 Å². The van der Waals surface area contributed by atoms with Gasteiger partial charge >= 0.3 is 0 Å². The fraction of sp³-hybridized carbons (Fsp3) is 0.429. The largest absolute Gasteiger partial charge is 0.310 e. The lowest BCUT2D eigenvalue weighted by atomic mass is 10.1. The molecule has 1 heterocycles. The monoisotopic (exact) mass is 343 g/mol. The van der Waals surface area contributed by atoms with Crippen LogP contribution < -0.4 is 5.32 Å². The zero-order valence-corrected chi connectivity index (χ0v) is 14.7. The van der Waals surface area contributed by atoms with Crippen LogP contribution >= 0.6 is 34.9 Å². The number of hydrogen-bond acceptors (Lipinski definition) is 6. The SMILES string of the molecule is CCCNC(C)c1ccc(Sc2nnc(SC)s2)c(F)c1. The van der Waals surface area contributed by atoms with E-state index in [1.165, 1.54) is 23.1 Å². The molecule has 21 heavy (non-hydrogen) atoms. The molecule has 0 spiro atoms. The number of aromatic nitrogens is 2. The molecule has 1 N–H and O–H groups in total. The number of hydrogen-bond donors (Lipinski definition) is 1. The summed E-state index contributed by atoms with van der Waals surface area (Å²) in [5.41, 5.74) is 0.965. The zero-order valence-electron chi connectivity index (χ0n) is 12.2. The molecule has 2 rings (SSSR count). The lowest BCUT2D eigenvalue weighted by Crippen LogP contribution is -2.19. The van der Waals surface area contributed by atoms with Gasteiger partial charge in [0, 0.05) is 6.04 Å². The first kappa shape index (κ1) is 16.7. The minimum absolute atomic E-state index is 0.156. The van der Waals surface area contributed by atoms with E-state index in [1.807, 2.05) is 25.3 Å². The van der Waals surface area contributed by atoms with Crippen LogP contribution in [-0.4, -0.2) is 23.0 Å². The molecule has 0 saturated carbocycles. The first-order valence-electron chi connectivity index (χ1n) is 6.72. The maximum Gasteiger partial charge on any atom is 0.179 e. The van der Waals surface area contributed by atoms with Gasteiger partial charge in [-0.3, -0.25) is 0 Å². The van der Waals surface area contributed by atoms with Crippen molar-refractivity contribution in [3.05, 3.63) is 29.6 Å². The second-order valence-corrected chi connectivity index (χ2v) is 7.83. The van der Waals surface area contributed by atoms with Crippen LogP contribution in [0.3, 0.4) is 0 Å². The lowest BCUT2D eigenvalue weighted by Gasteiger charge is -2.14. The van der Waals surface area contributed by atoms with Gasteiger partial charge in [-0.25, -0.2) is 4.39 Å². The van der Waals surface area contributed by atoms with E-state index in [0.717, 1.165) is 27.2 Å². The Morgan fingerprint density at radius 1 is 1.33 bits per heavy atom. The Morgan fingerprint density at radius 2 is 2.10 bits per heavy atom. The molecular weight excluding hydrogens is 325 g/mol. The fourth-order valence-corrected chi connectivity index (χ4v) is 4.16. The summed E-state index contributed by atoms with van der Waals surface area (Å²) >= 11 is 4.36. The van der Waals surface area contributed by atoms with Crippen molar-refractivity contribution in [1.29, 1.82) is 0 Å². The highest BCUT2D eigenvalue weighted by atomic mass is 32.2. The molecule has 0 aliphatic heterocycles. The molecule has 7 heteroatoms. The summed E-state index contributed by atoms with van der Waals surface area (Å²) in [6.45, 7) is 5.10. The van der Waals surface area contributed by atoms with Gasteiger partial charge in [-0.05, 0) is 43.8 Å². The predicted octanol–water partition coefficient (Wildman–Crippen LogP) is 4.61. The molecule has 0 bridgehead atoms. The minimum Gasteiger partial charge on any atom is -0.310 e. The van der Waals surface area contributed by atoms with E-state index in [4.69, 9.17) is 0 Å². The van der Waals surface area contributed by atoms with E-state index in [-0.39, 0.29) is 11.9 Å². The van der Waals surface area contributed by atoms with Gasteiger partial charge < -0.3 is 5.32 Å². The standard InChI is InChI=1S/C14H18FN3S3/c1-4-7-16-9(2)10-5-6-12(11(15)8-10)20-14-18-17-13(19-3)21-14/h5-6,8-9,16H,4,7H2,1-3H3. The first-order chi connectivity index (χ1) is 10.1. The molecule has 1 atom stereocenters. The Labute approximate surface area is 137 Å². The van der Waals surface area contributed by atoms with Crippen LogP contribution in [0.15, 0.2) is 31.8 Å². The lowest BCUT2D eigenvalue weighted by molar-refractivity contribution is 0.556. The molecule has 2 aromatic rings. The van der Waals surface area contributed by atoms with E-state index in [2.05, 4.69) is 22.4 Å². The van der Waals surface area contributed by atoms with E-state index < -0.39 is 0 Å². The van der Waals surface area contributed by atoms with Crippen LogP contribution in [0.5, 0.6) is 0 Å². The molecule has 1 aromatic carbocycles. The van der Waals surface area contributed by atoms with E-state index >= 15 is 0 Å². The first-order valence-corrected chi connectivity index (χ1v) is 9.58. The van der Waals surface area contributed by atoms with Gasteiger partial charge in [-0.1, -0.05) is 47.9 Å². The van der Waals surface area contributed by atoms with E-state index in [0.29, 0.717) is 4.90 Å². The third kappa shape index (κ3) is 4.67. The number of halogens is 1. The summed E-state index contributed by atoms with van der Waals surface area (Å²) in [6, 6.07) is 5.55. The normalized spacial score (nSPS) is 12.6. The Bertz CT molecular complexity index is 589. The quantitative estimate of drug-likeness (QED) is 0.743. The van der Waals surface area contributed by atoms with Crippen molar-refractivity contribution in [2.24, 2.45) is 0 Å². The summed E-state index contributed by atoms with van der Waals surface area (Å²) in [7, 11) is 0. The Kier molecular flexibility index (Phi) is 6.47. The van der Waals surface area contributed by atoms with Crippen LogP contribution in [-0.2, 0) is 0 Å². The van der Waals surface area contributed by atoms with Crippen molar-refractivity contribution in [3.63, 3.8) is 0 Å². The summed E-state index contributed by atoms with van der Waals surface area (Å²) in [6.07, 6.45) is 3.02. The molecular formula is C14H18FN3S3. The second kappa shape index (κ2) is 8.12. The van der Waals surface area contributed by atoms with Crippen LogP contribution in [0.25, 0.3) is 0 Å². The summed E-state index contributed by atoms with van der Waals surface area (Å²) in [5, 5.41) is 11.4. The van der Waals surface area contributed by atoms with Gasteiger partial charge in [0.1, 0.15) is 5.82 Å². The highest BCUT2D eigenvalue weighted by Crippen LogP contribution is 2.34. The number of rotatable bonds is 7. The Balaban J connectivity index is 2.08. The number of nitrogens with zero attached hydrogens (tertiary/aromatic N) is 2. The average Bonchev–Trinajstić information content (AvgIpc) is 2.94. The second-order valence-electron chi connectivity index (χ2n) is 4.51.